The molecule has 5 heteroatoms. The summed E-state index contributed by atoms with van der Waals surface area (Å²) in [6, 6.07) is 0.449. The minimum atomic E-state index is 0.115. The Bertz CT molecular complexity index is 366. The molecule has 3 N–H and O–H groups in total. The van der Waals surface area contributed by atoms with Crippen LogP contribution in [0.2, 0.25) is 0 Å². The van der Waals surface area contributed by atoms with Gasteiger partial charge in [0.15, 0.2) is 0 Å². The number of nitrogens with one attached hydrogen (secondary N) is 3. The molecule has 0 spiro atoms. The van der Waals surface area contributed by atoms with Gasteiger partial charge in [0.2, 0.25) is 5.91 Å². The van der Waals surface area contributed by atoms with Crippen LogP contribution in [0.25, 0.3) is 0 Å². The predicted molar refractivity (Wildman–Crippen MR) is 75.6 cm³/mol. The maximum Gasteiger partial charge on any atom is 0.227 e. The minimum absolute atomic E-state index is 0.115. The Kier molecular flexibility index (Phi) is 4.74. The van der Waals surface area contributed by atoms with Gasteiger partial charge in [0, 0.05) is 31.2 Å². The third-order valence-electron chi connectivity index (χ3n) is 3.76. The molecule has 2 atom stereocenters. The molecule has 1 saturated heterocycles. The zero-order valence-corrected chi connectivity index (χ0v) is 11.8. The zero-order chi connectivity index (χ0) is 13.8. The number of hydrazine groups is 2. The summed E-state index contributed by atoms with van der Waals surface area (Å²) in [5.74, 6) is 0.916. The van der Waals surface area contributed by atoms with Crippen molar-refractivity contribution in [2.45, 2.75) is 32.2 Å². The van der Waals surface area contributed by atoms with Crippen molar-refractivity contribution in [2.24, 2.45) is 11.8 Å². The fraction of sp³-hybridized carbons (Fsp3) is 0.643. The van der Waals surface area contributed by atoms with Gasteiger partial charge in [0.1, 0.15) is 0 Å². The second-order valence-corrected chi connectivity index (χ2v) is 5.58. The molecule has 0 aromatic heterocycles. The summed E-state index contributed by atoms with van der Waals surface area (Å²) in [5, 5.41) is 4.93. The molecule has 2 rings (SSSR count). The average molecular weight is 264 g/mol. The van der Waals surface area contributed by atoms with Crippen molar-refractivity contribution >= 4 is 5.91 Å². The maximum atomic E-state index is 11.6. The van der Waals surface area contributed by atoms with Gasteiger partial charge in [-0.25, -0.2) is 10.4 Å². The van der Waals surface area contributed by atoms with Crippen LogP contribution in [0.4, 0.5) is 0 Å². The van der Waals surface area contributed by atoms with E-state index in [9.17, 15) is 4.79 Å². The van der Waals surface area contributed by atoms with E-state index in [4.69, 9.17) is 0 Å². The second kappa shape index (κ2) is 6.32. The number of hydrogen-bond acceptors (Lipinski definition) is 4. The summed E-state index contributed by atoms with van der Waals surface area (Å²) >= 11 is 0. The molecule has 1 heterocycles. The lowest BCUT2D eigenvalue weighted by Gasteiger charge is -2.37. The van der Waals surface area contributed by atoms with Crippen LogP contribution in [0.3, 0.4) is 0 Å². The van der Waals surface area contributed by atoms with Gasteiger partial charge in [0.25, 0.3) is 0 Å². The summed E-state index contributed by atoms with van der Waals surface area (Å²) in [6.45, 7) is 7.05. The van der Waals surface area contributed by atoms with E-state index in [-0.39, 0.29) is 11.8 Å². The lowest BCUT2D eigenvalue weighted by atomic mass is 9.97. The quantitative estimate of drug-likeness (QED) is 0.647. The highest BCUT2D eigenvalue weighted by Crippen LogP contribution is 2.29. The first kappa shape index (κ1) is 14.2. The summed E-state index contributed by atoms with van der Waals surface area (Å²) in [4.78, 5) is 11.6. The summed E-state index contributed by atoms with van der Waals surface area (Å²) < 4.78 is 0. The van der Waals surface area contributed by atoms with E-state index in [0.717, 1.165) is 25.8 Å². The van der Waals surface area contributed by atoms with Gasteiger partial charge in [0.05, 0.1) is 0 Å². The molecule has 1 aliphatic heterocycles. The SMILES string of the molecule is C=C(/C=C\C[C@@H]1C(C)CNNN1C)NC(=O)C1CC1. The maximum absolute atomic E-state index is 11.6. The van der Waals surface area contributed by atoms with Crippen LogP contribution in [0.15, 0.2) is 24.4 Å². The highest BCUT2D eigenvalue weighted by atomic mass is 16.2. The molecule has 106 valence electrons. The molecule has 0 radical (unpaired) electrons. The summed E-state index contributed by atoms with van der Waals surface area (Å²) in [5.41, 5.74) is 6.94. The van der Waals surface area contributed by atoms with Crippen LogP contribution in [0.1, 0.15) is 26.2 Å². The number of allylic oxidation sites excluding steroid dienone is 1. The van der Waals surface area contributed by atoms with Crippen LogP contribution in [0.5, 0.6) is 0 Å². The smallest absolute Gasteiger partial charge is 0.227 e. The highest BCUT2D eigenvalue weighted by Gasteiger charge is 2.29. The molecular weight excluding hydrogens is 240 g/mol. The van der Waals surface area contributed by atoms with Crippen molar-refractivity contribution in [1.82, 2.24) is 21.3 Å². The molecule has 0 bridgehead atoms. The van der Waals surface area contributed by atoms with Gasteiger partial charge in [-0.15, -0.1) is 0 Å². The third kappa shape index (κ3) is 4.16. The molecule has 0 aromatic rings. The highest BCUT2D eigenvalue weighted by molar-refractivity contribution is 5.82. The van der Waals surface area contributed by atoms with E-state index in [1.165, 1.54) is 0 Å². The lowest BCUT2D eigenvalue weighted by Crippen LogP contribution is -2.59. The molecule has 1 amide bonds. The number of amides is 1. The largest absolute Gasteiger partial charge is 0.326 e. The molecule has 5 nitrogen and oxygen atoms in total. The number of carbonyl (C=O) groups excluding carboxylic acids is 1. The van der Waals surface area contributed by atoms with Gasteiger partial charge in [-0.05, 0) is 31.3 Å². The Morgan fingerprint density at radius 2 is 2.26 bits per heavy atom. The first-order valence-corrected chi connectivity index (χ1v) is 6.95. The standard InChI is InChI=1S/C14H24N4O/c1-10-9-15-17-18(3)13(10)6-4-5-11(2)16-14(19)12-7-8-12/h4-5,10,12-13,15,17H,2,6-9H2,1,3H3,(H,16,19)/b5-4-/t10?,13-/m1/s1. The second-order valence-electron chi connectivity index (χ2n) is 5.58. The van der Waals surface area contributed by atoms with Crippen molar-refractivity contribution in [3.63, 3.8) is 0 Å². The normalized spacial score (nSPS) is 28.5. The molecule has 2 aliphatic rings. The van der Waals surface area contributed by atoms with E-state index < -0.39 is 0 Å². The van der Waals surface area contributed by atoms with E-state index in [2.05, 4.69) is 40.9 Å². The monoisotopic (exact) mass is 264 g/mol. The van der Waals surface area contributed by atoms with E-state index in [1.54, 1.807) is 0 Å². The van der Waals surface area contributed by atoms with E-state index in [0.29, 0.717) is 17.7 Å². The number of nitrogens with zero attached hydrogens (tertiary/aromatic N) is 1. The summed E-state index contributed by atoms with van der Waals surface area (Å²) in [6.07, 6.45) is 6.96. The van der Waals surface area contributed by atoms with Gasteiger partial charge in [-0.3, -0.25) is 4.79 Å². The van der Waals surface area contributed by atoms with Crippen molar-refractivity contribution in [1.29, 1.82) is 0 Å². The van der Waals surface area contributed by atoms with Crippen LogP contribution >= 0.6 is 0 Å². The zero-order valence-electron chi connectivity index (χ0n) is 11.8. The van der Waals surface area contributed by atoms with E-state index in [1.807, 2.05) is 13.1 Å². The fourth-order valence-corrected chi connectivity index (χ4v) is 2.32. The average Bonchev–Trinajstić information content (AvgIpc) is 3.17. The predicted octanol–water partition coefficient (Wildman–Crippen LogP) is 0.932. The van der Waals surface area contributed by atoms with Crippen molar-refractivity contribution in [3.05, 3.63) is 24.4 Å². The Labute approximate surface area is 115 Å². The van der Waals surface area contributed by atoms with Gasteiger partial charge >= 0.3 is 0 Å². The lowest BCUT2D eigenvalue weighted by molar-refractivity contribution is -0.121. The third-order valence-corrected chi connectivity index (χ3v) is 3.76. The van der Waals surface area contributed by atoms with Crippen molar-refractivity contribution < 1.29 is 4.79 Å². The van der Waals surface area contributed by atoms with Crippen LogP contribution in [-0.4, -0.2) is 30.6 Å². The molecule has 1 unspecified atom stereocenters. The number of carbonyl (C=O) groups is 1. The van der Waals surface area contributed by atoms with E-state index >= 15 is 0 Å². The Morgan fingerprint density at radius 3 is 2.89 bits per heavy atom. The van der Waals surface area contributed by atoms with Crippen molar-refractivity contribution in [3.8, 4) is 0 Å². The first-order chi connectivity index (χ1) is 9.08. The van der Waals surface area contributed by atoms with Crippen LogP contribution in [0, 0.1) is 11.8 Å². The van der Waals surface area contributed by atoms with Crippen LogP contribution < -0.4 is 16.3 Å². The van der Waals surface area contributed by atoms with Crippen molar-refractivity contribution in [2.75, 3.05) is 13.6 Å². The molecule has 1 saturated carbocycles. The molecule has 2 fully saturated rings. The molecule has 1 aliphatic carbocycles. The summed E-state index contributed by atoms with van der Waals surface area (Å²) in [7, 11) is 2.03. The molecule has 19 heavy (non-hydrogen) atoms. The van der Waals surface area contributed by atoms with Gasteiger partial charge in [-0.2, -0.15) is 5.53 Å². The first-order valence-electron chi connectivity index (χ1n) is 6.95. The fourth-order valence-electron chi connectivity index (χ4n) is 2.32. The number of rotatable bonds is 5. The minimum Gasteiger partial charge on any atom is -0.326 e. The Balaban J connectivity index is 1.75. The topological polar surface area (TPSA) is 56.4 Å². The Hall–Kier alpha value is -1.17. The van der Waals surface area contributed by atoms with Crippen LogP contribution in [-0.2, 0) is 4.79 Å². The van der Waals surface area contributed by atoms with Gasteiger partial charge < -0.3 is 5.32 Å². The molecular formula is C14H24N4O. The number of hydrogen-bond donors (Lipinski definition) is 3. The van der Waals surface area contributed by atoms with Gasteiger partial charge in [-0.1, -0.05) is 19.6 Å². The molecule has 0 aromatic carbocycles. The Morgan fingerprint density at radius 1 is 1.53 bits per heavy atom.